The van der Waals surface area contributed by atoms with Crippen LogP contribution in [0.5, 0.6) is 0 Å². The number of likely N-dealkylation sites (tertiary alicyclic amines) is 1. The molecule has 1 saturated heterocycles. The van der Waals surface area contributed by atoms with Crippen molar-refractivity contribution in [3.63, 3.8) is 0 Å². The summed E-state index contributed by atoms with van der Waals surface area (Å²) in [6, 6.07) is 8.13. The van der Waals surface area contributed by atoms with Gasteiger partial charge in [0, 0.05) is 36.6 Å². The molecule has 2 aliphatic rings. The summed E-state index contributed by atoms with van der Waals surface area (Å²) in [5.74, 6) is 0.180. The molecule has 5 rings (SSSR count). The zero-order valence-corrected chi connectivity index (χ0v) is 20.2. The van der Waals surface area contributed by atoms with Crippen molar-refractivity contribution in [2.75, 3.05) is 25.4 Å². The van der Waals surface area contributed by atoms with Crippen molar-refractivity contribution >= 4 is 46.1 Å². The molecule has 0 aliphatic carbocycles. The molecular formula is C25H31ClN8O2. The number of H-pyrrole nitrogens is 1. The van der Waals surface area contributed by atoms with E-state index in [2.05, 4.69) is 36.6 Å². The number of piperidine rings is 1. The van der Waals surface area contributed by atoms with Crippen LogP contribution in [-0.4, -0.2) is 62.8 Å². The molecule has 36 heavy (non-hydrogen) atoms. The smallest absolute Gasteiger partial charge is 0.278 e. The van der Waals surface area contributed by atoms with Gasteiger partial charge in [-0.2, -0.15) is 0 Å². The monoisotopic (exact) mass is 510 g/mol. The van der Waals surface area contributed by atoms with Gasteiger partial charge >= 0.3 is 0 Å². The minimum Gasteiger partial charge on any atom is -0.381 e. The molecule has 10 nitrogen and oxygen atoms in total. The van der Waals surface area contributed by atoms with Gasteiger partial charge in [-0.05, 0) is 37.8 Å². The summed E-state index contributed by atoms with van der Waals surface area (Å²) in [5.41, 5.74) is 8.11. The summed E-state index contributed by atoms with van der Waals surface area (Å²) in [7, 11) is 0. The molecule has 0 bridgehead atoms. The van der Waals surface area contributed by atoms with Crippen LogP contribution in [0, 0.1) is 6.92 Å². The standard InChI is InChI=1S/C24H27ClN8O2.CH4/c1-14-19(30-20(25)21(26)29-14)22(35)31-23-28-13-24(32-23)8-10-33(11-9-24)18(34)7-6-15-12-27-17-5-3-2-4-16(15)17;/h2-5,12,27H,6-11,13H2,1H3,(H2,26,29)(H2,28,31,32,35);1H4. The van der Waals surface area contributed by atoms with Gasteiger partial charge in [-0.1, -0.05) is 37.2 Å². The van der Waals surface area contributed by atoms with E-state index in [0.717, 1.165) is 23.9 Å². The third-order valence-corrected chi connectivity index (χ3v) is 7.06. The van der Waals surface area contributed by atoms with Crippen LogP contribution in [-0.2, 0) is 11.2 Å². The predicted octanol–water partition coefficient (Wildman–Crippen LogP) is 2.82. The van der Waals surface area contributed by atoms with Gasteiger partial charge in [0.1, 0.15) is 0 Å². The fourth-order valence-corrected chi connectivity index (χ4v) is 4.86. The molecule has 0 atom stereocenters. The van der Waals surface area contributed by atoms with Crippen LogP contribution in [0.25, 0.3) is 10.9 Å². The van der Waals surface area contributed by atoms with E-state index in [1.165, 1.54) is 5.39 Å². The van der Waals surface area contributed by atoms with Crippen LogP contribution in [0.15, 0.2) is 35.5 Å². The van der Waals surface area contributed by atoms with Crippen LogP contribution in [0.2, 0.25) is 5.15 Å². The molecule has 1 fully saturated rings. The number of aromatic nitrogens is 3. The van der Waals surface area contributed by atoms with Crippen molar-refractivity contribution in [2.24, 2.45) is 4.99 Å². The van der Waals surface area contributed by atoms with E-state index in [1.807, 2.05) is 29.3 Å². The number of fused-ring (bicyclic) bond motifs is 1. The highest BCUT2D eigenvalue weighted by Crippen LogP contribution is 2.27. The second kappa shape index (κ2) is 10.1. The first-order chi connectivity index (χ1) is 16.8. The van der Waals surface area contributed by atoms with E-state index >= 15 is 0 Å². The maximum absolute atomic E-state index is 12.9. The molecule has 4 heterocycles. The van der Waals surface area contributed by atoms with Crippen molar-refractivity contribution in [3.05, 3.63) is 52.6 Å². The van der Waals surface area contributed by atoms with Gasteiger partial charge in [0.15, 0.2) is 22.6 Å². The van der Waals surface area contributed by atoms with Gasteiger partial charge in [0.25, 0.3) is 5.91 Å². The summed E-state index contributed by atoms with van der Waals surface area (Å²) in [4.78, 5) is 43.3. The number of hydrogen-bond acceptors (Lipinski definition) is 7. The van der Waals surface area contributed by atoms with Crippen LogP contribution < -0.4 is 16.4 Å². The maximum atomic E-state index is 12.9. The number of para-hydroxylation sites is 1. The second-order valence-corrected chi connectivity index (χ2v) is 9.46. The Bertz CT molecular complexity index is 1330. The van der Waals surface area contributed by atoms with E-state index in [-0.39, 0.29) is 35.5 Å². The van der Waals surface area contributed by atoms with Gasteiger partial charge in [0.05, 0.1) is 17.8 Å². The molecule has 1 aromatic carbocycles. The summed E-state index contributed by atoms with van der Waals surface area (Å²) < 4.78 is 0. The predicted molar refractivity (Wildman–Crippen MR) is 141 cm³/mol. The van der Waals surface area contributed by atoms with Crippen LogP contribution in [0.1, 0.15) is 48.4 Å². The number of aliphatic imine (C=N–C) groups is 1. The Hall–Kier alpha value is -3.66. The molecule has 2 amide bonds. The van der Waals surface area contributed by atoms with Crippen LogP contribution >= 0.6 is 11.6 Å². The van der Waals surface area contributed by atoms with Gasteiger partial charge in [-0.15, -0.1) is 0 Å². The SMILES string of the molecule is C.Cc1nc(N)c(Cl)nc1C(=O)NC1=NCC2(CCN(C(=O)CCc3c[nH]c4ccccc34)CC2)N1. The molecule has 2 aliphatic heterocycles. The molecule has 190 valence electrons. The first-order valence-corrected chi connectivity index (χ1v) is 12.0. The molecule has 0 saturated carbocycles. The topological polar surface area (TPSA) is 141 Å². The van der Waals surface area contributed by atoms with Crippen molar-refractivity contribution in [1.29, 1.82) is 0 Å². The van der Waals surface area contributed by atoms with Crippen LogP contribution in [0.3, 0.4) is 0 Å². The Balaban J connectivity index is 0.00000304. The summed E-state index contributed by atoms with van der Waals surface area (Å²) in [6.07, 6.45) is 4.68. The highest BCUT2D eigenvalue weighted by atomic mass is 35.5. The number of aryl methyl sites for hydroxylation is 2. The zero-order valence-electron chi connectivity index (χ0n) is 19.4. The molecule has 0 unspecified atom stereocenters. The lowest BCUT2D eigenvalue weighted by Gasteiger charge is -2.39. The van der Waals surface area contributed by atoms with Crippen molar-refractivity contribution in [3.8, 4) is 0 Å². The molecular weight excluding hydrogens is 480 g/mol. The van der Waals surface area contributed by atoms with Gasteiger partial charge in [-0.3, -0.25) is 19.9 Å². The number of nitrogen functional groups attached to an aromatic ring is 1. The number of nitrogens with one attached hydrogen (secondary N) is 3. The fraction of sp³-hybridized carbons (Fsp3) is 0.400. The quantitative estimate of drug-likeness (QED) is 0.425. The average Bonchev–Trinajstić information content (AvgIpc) is 3.44. The number of carbonyl (C=O) groups excluding carboxylic acids is 2. The van der Waals surface area contributed by atoms with Crippen molar-refractivity contribution in [2.45, 2.75) is 45.6 Å². The van der Waals surface area contributed by atoms with Gasteiger partial charge < -0.3 is 20.9 Å². The number of hydrogen-bond donors (Lipinski definition) is 4. The summed E-state index contributed by atoms with van der Waals surface area (Å²) in [6.45, 7) is 3.47. The lowest BCUT2D eigenvalue weighted by atomic mass is 9.88. The first kappa shape index (κ1) is 25.4. The van der Waals surface area contributed by atoms with E-state index in [4.69, 9.17) is 17.3 Å². The number of amides is 2. The molecule has 5 N–H and O–H groups in total. The Morgan fingerprint density at radius 3 is 2.75 bits per heavy atom. The van der Waals surface area contributed by atoms with Crippen molar-refractivity contribution in [1.82, 2.24) is 30.5 Å². The van der Waals surface area contributed by atoms with Crippen LogP contribution in [0.4, 0.5) is 5.82 Å². The Labute approximate surface area is 214 Å². The molecule has 2 aromatic heterocycles. The summed E-state index contributed by atoms with van der Waals surface area (Å²) in [5, 5.41) is 7.26. The zero-order chi connectivity index (χ0) is 24.6. The maximum Gasteiger partial charge on any atom is 0.278 e. The third-order valence-electron chi connectivity index (χ3n) is 6.78. The Kier molecular flexibility index (Phi) is 7.16. The lowest BCUT2D eigenvalue weighted by molar-refractivity contribution is -0.132. The molecule has 0 radical (unpaired) electrons. The minimum atomic E-state index is -0.454. The highest BCUT2D eigenvalue weighted by molar-refractivity contribution is 6.31. The normalized spacial score (nSPS) is 16.4. The number of halogens is 1. The number of anilines is 1. The molecule has 11 heteroatoms. The second-order valence-electron chi connectivity index (χ2n) is 9.10. The molecule has 3 aromatic rings. The lowest BCUT2D eigenvalue weighted by Crippen LogP contribution is -2.57. The molecule has 1 spiro atoms. The Morgan fingerprint density at radius 1 is 1.22 bits per heavy atom. The minimum absolute atomic E-state index is 0. The number of aromatic amines is 1. The third kappa shape index (κ3) is 4.99. The number of nitrogens with two attached hydrogens (primary N) is 1. The van der Waals surface area contributed by atoms with E-state index in [0.29, 0.717) is 44.1 Å². The van der Waals surface area contributed by atoms with E-state index < -0.39 is 5.91 Å². The largest absolute Gasteiger partial charge is 0.381 e. The number of rotatable bonds is 4. The number of carbonyl (C=O) groups is 2. The van der Waals surface area contributed by atoms with E-state index in [9.17, 15) is 9.59 Å². The van der Waals surface area contributed by atoms with Gasteiger partial charge in [-0.25, -0.2) is 9.97 Å². The highest BCUT2D eigenvalue weighted by Gasteiger charge is 2.40. The van der Waals surface area contributed by atoms with Crippen molar-refractivity contribution < 1.29 is 9.59 Å². The average molecular weight is 511 g/mol. The Morgan fingerprint density at radius 2 is 1.97 bits per heavy atom. The fourth-order valence-electron chi connectivity index (χ4n) is 4.73. The summed E-state index contributed by atoms with van der Waals surface area (Å²) >= 11 is 5.92. The van der Waals surface area contributed by atoms with Gasteiger partial charge in [0.2, 0.25) is 5.91 Å². The first-order valence-electron chi connectivity index (χ1n) is 11.6. The number of guanidine groups is 1. The number of nitrogens with zero attached hydrogens (tertiary/aromatic N) is 4. The van der Waals surface area contributed by atoms with E-state index in [1.54, 1.807) is 6.92 Å². The number of benzene rings is 1.